The summed E-state index contributed by atoms with van der Waals surface area (Å²) in [5.74, 6) is 2.57. The second-order valence-corrected chi connectivity index (χ2v) is 5.56. The van der Waals surface area contributed by atoms with Crippen molar-refractivity contribution in [3.05, 3.63) is 17.3 Å². The summed E-state index contributed by atoms with van der Waals surface area (Å²) >= 11 is 1.64. The highest BCUT2D eigenvalue weighted by atomic mass is 32.1. The van der Waals surface area contributed by atoms with Gasteiger partial charge in [-0.15, -0.1) is 11.3 Å². The average molecular weight is 263 g/mol. The molecule has 2 aromatic rings. The maximum absolute atomic E-state index is 5.65. The number of ether oxygens (including phenoxy) is 1. The number of aromatic nitrogens is 2. The van der Waals surface area contributed by atoms with E-state index < -0.39 is 0 Å². The Morgan fingerprint density at radius 1 is 1.44 bits per heavy atom. The van der Waals surface area contributed by atoms with E-state index in [9.17, 15) is 0 Å². The van der Waals surface area contributed by atoms with Crippen LogP contribution in [0.15, 0.2) is 11.4 Å². The number of nitrogens with zero attached hydrogens (tertiary/aromatic N) is 2. The molecule has 96 valence electrons. The van der Waals surface area contributed by atoms with Crippen molar-refractivity contribution in [3.8, 4) is 0 Å². The largest absolute Gasteiger partial charge is 0.373 e. The van der Waals surface area contributed by atoms with Crippen molar-refractivity contribution >= 4 is 27.4 Å². The topological polar surface area (TPSA) is 47.0 Å². The van der Waals surface area contributed by atoms with Crippen molar-refractivity contribution in [2.45, 2.75) is 25.9 Å². The molecule has 1 N–H and O–H groups in total. The zero-order valence-electron chi connectivity index (χ0n) is 10.5. The molecule has 0 spiro atoms. The van der Waals surface area contributed by atoms with Crippen LogP contribution in [-0.4, -0.2) is 23.6 Å². The predicted molar refractivity (Wildman–Crippen MR) is 74.0 cm³/mol. The van der Waals surface area contributed by atoms with Crippen molar-refractivity contribution < 1.29 is 4.74 Å². The minimum atomic E-state index is 0.509. The molecule has 0 aliphatic heterocycles. The van der Waals surface area contributed by atoms with Gasteiger partial charge in [-0.25, -0.2) is 9.97 Å². The Hall–Kier alpha value is -1.20. The van der Waals surface area contributed by atoms with E-state index in [1.54, 1.807) is 11.3 Å². The van der Waals surface area contributed by atoms with Crippen molar-refractivity contribution in [2.75, 3.05) is 19.0 Å². The molecule has 0 aromatic carbocycles. The molecule has 1 aliphatic rings. The second kappa shape index (κ2) is 5.20. The van der Waals surface area contributed by atoms with Gasteiger partial charge < -0.3 is 10.1 Å². The second-order valence-electron chi connectivity index (χ2n) is 4.66. The Balaban J connectivity index is 1.66. The van der Waals surface area contributed by atoms with Crippen LogP contribution in [0.1, 0.15) is 25.1 Å². The van der Waals surface area contributed by atoms with Crippen molar-refractivity contribution in [1.29, 1.82) is 0 Å². The van der Waals surface area contributed by atoms with E-state index in [0.29, 0.717) is 6.61 Å². The number of rotatable bonds is 6. The average Bonchev–Trinajstić information content (AvgIpc) is 3.09. The molecule has 0 saturated heterocycles. The number of hydrogen-bond donors (Lipinski definition) is 1. The molecule has 0 bridgehead atoms. The molecule has 1 aliphatic carbocycles. The van der Waals surface area contributed by atoms with E-state index in [1.165, 1.54) is 19.3 Å². The van der Waals surface area contributed by atoms with Gasteiger partial charge in [-0.05, 0) is 23.8 Å². The van der Waals surface area contributed by atoms with Gasteiger partial charge in [-0.3, -0.25) is 0 Å². The van der Waals surface area contributed by atoms with Gasteiger partial charge >= 0.3 is 0 Å². The summed E-state index contributed by atoms with van der Waals surface area (Å²) in [7, 11) is 1.89. The van der Waals surface area contributed by atoms with Crippen molar-refractivity contribution in [3.63, 3.8) is 0 Å². The van der Waals surface area contributed by atoms with Crippen LogP contribution in [0.2, 0.25) is 0 Å². The van der Waals surface area contributed by atoms with Gasteiger partial charge in [0.2, 0.25) is 0 Å². The van der Waals surface area contributed by atoms with E-state index in [1.807, 2.05) is 18.5 Å². The van der Waals surface area contributed by atoms with Crippen LogP contribution in [0.5, 0.6) is 0 Å². The van der Waals surface area contributed by atoms with Gasteiger partial charge in [0.1, 0.15) is 17.3 Å². The number of thiophene rings is 1. The monoisotopic (exact) mass is 263 g/mol. The first kappa shape index (κ1) is 11.9. The van der Waals surface area contributed by atoms with Crippen molar-refractivity contribution in [2.24, 2.45) is 5.92 Å². The van der Waals surface area contributed by atoms with Crippen LogP contribution in [-0.2, 0) is 11.3 Å². The summed E-state index contributed by atoms with van der Waals surface area (Å²) in [5.41, 5.74) is 0. The van der Waals surface area contributed by atoms with E-state index in [-0.39, 0.29) is 0 Å². The van der Waals surface area contributed by atoms with Crippen LogP contribution < -0.4 is 5.32 Å². The van der Waals surface area contributed by atoms with Crippen LogP contribution >= 0.6 is 11.3 Å². The lowest BCUT2D eigenvalue weighted by atomic mass is 10.3. The quantitative estimate of drug-likeness (QED) is 0.814. The molecule has 2 heterocycles. The van der Waals surface area contributed by atoms with Gasteiger partial charge in [0.05, 0.1) is 5.39 Å². The van der Waals surface area contributed by atoms with E-state index in [0.717, 1.165) is 34.4 Å². The van der Waals surface area contributed by atoms with Crippen LogP contribution in [0.3, 0.4) is 0 Å². The van der Waals surface area contributed by atoms with Crippen LogP contribution in [0, 0.1) is 5.92 Å². The molecule has 1 fully saturated rings. The molecule has 0 amide bonds. The molecule has 1 saturated carbocycles. The Labute approximate surface area is 110 Å². The number of nitrogens with one attached hydrogen (secondary N) is 1. The first-order valence-electron chi connectivity index (χ1n) is 6.36. The van der Waals surface area contributed by atoms with Gasteiger partial charge in [0, 0.05) is 13.7 Å². The Bertz CT molecular complexity index is 536. The third kappa shape index (κ3) is 2.62. The fourth-order valence-electron chi connectivity index (χ4n) is 1.97. The summed E-state index contributed by atoms with van der Waals surface area (Å²) < 4.78 is 5.65. The molecular formula is C13H17N3OS. The number of fused-ring (bicyclic) bond motifs is 1. The normalized spacial score (nSPS) is 15.2. The Morgan fingerprint density at radius 2 is 2.33 bits per heavy atom. The third-order valence-electron chi connectivity index (χ3n) is 3.21. The summed E-state index contributed by atoms with van der Waals surface area (Å²) in [4.78, 5) is 10.0. The summed E-state index contributed by atoms with van der Waals surface area (Å²) in [6.45, 7) is 1.33. The maximum Gasteiger partial charge on any atom is 0.158 e. The van der Waals surface area contributed by atoms with Gasteiger partial charge in [0.25, 0.3) is 0 Å². The zero-order chi connectivity index (χ0) is 12.4. The molecule has 0 atom stereocenters. The van der Waals surface area contributed by atoms with Gasteiger partial charge in [0.15, 0.2) is 5.82 Å². The molecular weight excluding hydrogens is 246 g/mol. The summed E-state index contributed by atoms with van der Waals surface area (Å²) in [5, 5.41) is 6.24. The summed E-state index contributed by atoms with van der Waals surface area (Å²) in [6.07, 6.45) is 3.94. The Morgan fingerprint density at radius 3 is 3.11 bits per heavy atom. The molecule has 3 rings (SSSR count). The maximum atomic E-state index is 5.65. The fraction of sp³-hybridized carbons (Fsp3) is 0.538. The SMILES string of the molecule is CNc1nc(COCCC2CC2)nc2sccc12. The molecule has 4 nitrogen and oxygen atoms in total. The lowest BCUT2D eigenvalue weighted by Crippen LogP contribution is -2.03. The minimum absolute atomic E-state index is 0.509. The van der Waals surface area contributed by atoms with E-state index in [4.69, 9.17) is 4.74 Å². The lowest BCUT2D eigenvalue weighted by Gasteiger charge is -2.06. The lowest BCUT2D eigenvalue weighted by molar-refractivity contribution is 0.110. The molecule has 5 heteroatoms. The highest BCUT2D eigenvalue weighted by Gasteiger charge is 2.20. The number of anilines is 1. The fourth-order valence-corrected chi connectivity index (χ4v) is 2.76. The standard InChI is InChI=1S/C13H17N3OS/c1-14-12-10-5-7-18-13(10)16-11(15-12)8-17-6-4-9-2-3-9/h5,7,9H,2-4,6,8H2,1H3,(H,14,15,16). The highest BCUT2D eigenvalue weighted by molar-refractivity contribution is 7.16. The summed E-state index contributed by atoms with van der Waals surface area (Å²) in [6, 6.07) is 2.05. The third-order valence-corrected chi connectivity index (χ3v) is 4.01. The number of hydrogen-bond acceptors (Lipinski definition) is 5. The van der Waals surface area contributed by atoms with E-state index >= 15 is 0 Å². The van der Waals surface area contributed by atoms with Gasteiger partial charge in [-0.1, -0.05) is 12.8 Å². The molecule has 0 unspecified atom stereocenters. The Kier molecular flexibility index (Phi) is 3.43. The van der Waals surface area contributed by atoms with Crippen molar-refractivity contribution in [1.82, 2.24) is 9.97 Å². The van der Waals surface area contributed by atoms with Gasteiger partial charge in [-0.2, -0.15) is 0 Å². The van der Waals surface area contributed by atoms with Crippen LogP contribution in [0.25, 0.3) is 10.2 Å². The first-order valence-corrected chi connectivity index (χ1v) is 7.24. The molecule has 0 radical (unpaired) electrons. The predicted octanol–water partition coefficient (Wildman–Crippen LogP) is 3.05. The first-order chi connectivity index (χ1) is 8.86. The highest BCUT2D eigenvalue weighted by Crippen LogP contribution is 2.32. The zero-order valence-corrected chi connectivity index (χ0v) is 11.3. The van der Waals surface area contributed by atoms with Crippen LogP contribution in [0.4, 0.5) is 5.82 Å². The minimum Gasteiger partial charge on any atom is -0.373 e. The molecule has 18 heavy (non-hydrogen) atoms. The molecule has 2 aromatic heterocycles. The van der Waals surface area contributed by atoms with E-state index in [2.05, 4.69) is 15.3 Å². The smallest absolute Gasteiger partial charge is 0.158 e.